The molecular formula is C10H11BrFN. The van der Waals surface area contributed by atoms with E-state index in [2.05, 4.69) is 21.2 Å². The number of halogens is 2. The Morgan fingerprint density at radius 2 is 2.31 bits per heavy atom. The van der Waals surface area contributed by atoms with E-state index in [1.54, 1.807) is 6.07 Å². The Labute approximate surface area is 85.5 Å². The lowest BCUT2D eigenvalue weighted by Gasteiger charge is -2.11. The minimum atomic E-state index is -0.123. The molecule has 0 saturated carbocycles. The fourth-order valence-corrected chi connectivity index (χ4v) is 2.12. The van der Waals surface area contributed by atoms with Crippen molar-refractivity contribution < 1.29 is 4.39 Å². The third kappa shape index (κ3) is 1.76. The number of benzene rings is 1. The number of hydrogen-bond acceptors (Lipinski definition) is 1. The van der Waals surface area contributed by atoms with Gasteiger partial charge in [0.15, 0.2) is 0 Å². The van der Waals surface area contributed by atoms with Crippen molar-refractivity contribution in [2.24, 2.45) is 0 Å². The van der Waals surface area contributed by atoms with E-state index in [0.717, 1.165) is 24.9 Å². The maximum atomic E-state index is 13.6. The summed E-state index contributed by atoms with van der Waals surface area (Å²) in [5.74, 6) is -0.123. The highest BCUT2D eigenvalue weighted by Crippen LogP contribution is 2.28. The van der Waals surface area contributed by atoms with Crippen molar-refractivity contribution in [1.29, 1.82) is 0 Å². The predicted molar refractivity (Wildman–Crippen MR) is 54.1 cm³/mol. The molecule has 1 saturated heterocycles. The lowest BCUT2D eigenvalue weighted by molar-refractivity contribution is 0.554. The molecule has 3 heteroatoms. The van der Waals surface area contributed by atoms with E-state index in [4.69, 9.17) is 0 Å². The minimum absolute atomic E-state index is 0.123. The third-order valence-corrected chi connectivity index (χ3v) is 3.03. The summed E-state index contributed by atoms with van der Waals surface area (Å²) in [7, 11) is 0. The molecule has 13 heavy (non-hydrogen) atoms. The van der Waals surface area contributed by atoms with E-state index in [1.807, 2.05) is 12.1 Å². The smallest absolute Gasteiger partial charge is 0.142 e. The first-order valence-electron chi connectivity index (χ1n) is 4.46. The average Bonchev–Trinajstić information content (AvgIpc) is 2.62. The van der Waals surface area contributed by atoms with Gasteiger partial charge in [-0.25, -0.2) is 4.39 Å². The van der Waals surface area contributed by atoms with Gasteiger partial charge in [-0.1, -0.05) is 12.1 Å². The van der Waals surface area contributed by atoms with Gasteiger partial charge in [0.25, 0.3) is 0 Å². The largest absolute Gasteiger partial charge is 0.310 e. The second kappa shape index (κ2) is 3.76. The van der Waals surface area contributed by atoms with Crippen molar-refractivity contribution in [3.8, 4) is 0 Å². The molecular weight excluding hydrogens is 233 g/mol. The highest BCUT2D eigenvalue weighted by Gasteiger charge is 2.20. The van der Waals surface area contributed by atoms with E-state index in [9.17, 15) is 4.39 Å². The SMILES string of the molecule is Fc1c(Br)cccc1[C@H]1CCCN1. The van der Waals surface area contributed by atoms with Gasteiger partial charge >= 0.3 is 0 Å². The van der Waals surface area contributed by atoms with E-state index in [0.29, 0.717) is 4.47 Å². The summed E-state index contributed by atoms with van der Waals surface area (Å²) >= 11 is 3.19. The van der Waals surface area contributed by atoms with Crippen LogP contribution in [0.15, 0.2) is 22.7 Å². The Bertz CT molecular complexity index is 308. The van der Waals surface area contributed by atoms with Gasteiger partial charge in [-0.05, 0) is 41.4 Å². The third-order valence-electron chi connectivity index (χ3n) is 2.42. The number of nitrogens with one attached hydrogen (secondary N) is 1. The van der Waals surface area contributed by atoms with Crippen LogP contribution < -0.4 is 5.32 Å². The molecule has 0 aliphatic carbocycles. The molecule has 0 spiro atoms. The summed E-state index contributed by atoms with van der Waals surface area (Å²) in [5, 5.41) is 3.28. The predicted octanol–water partition coefficient (Wildman–Crippen LogP) is 3.01. The molecule has 1 heterocycles. The average molecular weight is 244 g/mol. The summed E-state index contributed by atoms with van der Waals surface area (Å²) in [6, 6.07) is 5.66. The van der Waals surface area contributed by atoms with E-state index < -0.39 is 0 Å². The molecule has 1 aliphatic rings. The topological polar surface area (TPSA) is 12.0 Å². The van der Waals surface area contributed by atoms with Crippen LogP contribution in [0.3, 0.4) is 0 Å². The second-order valence-corrected chi connectivity index (χ2v) is 4.15. The first kappa shape index (κ1) is 9.16. The van der Waals surface area contributed by atoms with Gasteiger partial charge in [-0.15, -0.1) is 0 Å². The van der Waals surface area contributed by atoms with Crippen LogP contribution in [-0.2, 0) is 0 Å². The van der Waals surface area contributed by atoms with Crippen molar-refractivity contribution >= 4 is 15.9 Å². The summed E-state index contributed by atoms with van der Waals surface area (Å²) in [6.07, 6.45) is 2.17. The Morgan fingerprint density at radius 1 is 1.46 bits per heavy atom. The van der Waals surface area contributed by atoms with Crippen molar-refractivity contribution in [3.63, 3.8) is 0 Å². The van der Waals surface area contributed by atoms with E-state index >= 15 is 0 Å². The van der Waals surface area contributed by atoms with E-state index in [-0.39, 0.29) is 11.9 Å². The molecule has 0 radical (unpaired) electrons. The highest BCUT2D eigenvalue weighted by molar-refractivity contribution is 9.10. The standard InChI is InChI=1S/C10H11BrFN/c11-8-4-1-3-7(10(8)12)9-5-2-6-13-9/h1,3-4,9,13H,2,5-6H2/t9-/m1/s1. The van der Waals surface area contributed by atoms with Crippen molar-refractivity contribution in [3.05, 3.63) is 34.1 Å². The van der Waals surface area contributed by atoms with Gasteiger partial charge in [0.2, 0.25) is 0 Å². The van der Waals surface area contributed by atoms with Crippen LogP contribution in [0.5, 0.6) is 0 Å². The fraction of sp³-hybridized carbons (Fsp3) is 0.400. The lowest BCUT2D eigenvalue weighted by Crippen LogP contribution is -2.14. The van der Waals surface area contributed by atoms with Crippen LogP contribution in [-0.4, -0.2) is 6.54 Å². The van der Waals surface area contributed by atoms with Gasteiger partial charge in [-0.2, -0.15) is 0 Å². The van der Waals surface area contributed by atoms with Crippen LogP contribution in [0.1, 0.15) is 24.4 Å². The number of rotatable bonds is 1. The molecule has 0 aromatic heterocycles. The summed E-state index contributed by atoms with van der Waals surface area (Å²) in [5.41, 5.74) is 0.784. The van der Waals surface area contributed by atoms with Gasteiger partial charge in [0, 0.05) is 11.6 Å². The molecule has 1 nitrogen and oxygen atoms in total. The highest BCUT2D eigenvalue weighted by atomic mass is 79.9. The molecule has 1 N–H and O–H groups in total. The maximum Gasteiger partial charge on any atom is 0.142 e. The van der Waals surface area contributed by atoms with Crippen molar-refractivity contribution in [1.82, 2.24) is 5.32 Å². The van der Waals surface area contributed by atoms with E-state index in [1.165, 1.54) is 0 Å². The Morgan fingerprint density at radius 3 is 3.00 bits per heavy atom. The van der Waals surface area contributed by atoms with Gasteiger partial charge in [0.1, 0.15) is 5.82 Å². The monoisotopic (exact) mass is 243 g/mol. The van der Waals surface area contributed by atoms with Crippen LogP contribution >= 0.6 is 15.9 Å². The summed E-state index contributed by atoms with van der Waals surface area (Å²) in [4.78, 5) is 0. The minimum Gasteiger partial charge on any atom is -0.310 e. The Kier molecular flexibility index (Phi) is 2.65. The maximum absolute atomic E-state index is 13.6. The number of hydrogen-bond donors (Lipinski definition) is 1. The first-order valence-corrected chi connectivity index (χ1v) is 5.25. The molecule has 1 atom stereocenters. The lowest BCUT2D eigenvalue weighted by atomic mass is 10.1. The van der Waals surface area contributed by atoms with Crippen LogP contribution in [0.2, 0.25) is 0 Å². The molecule has 1 aromatic carbocycles. The van der Waals surface area contributed by atoms with Gasteiger partial charge < -0.3 is 5.32 Å². The van der Waals surface area contributed by atoms with Crippen molar-refractivity contribution in [2.45, 2.75) is 18.9 Å². The summed E-state index contributed by atoms with van der Waals surface area (Å²) < 4.78 is 14.1. The molecule has 1 aromatic rings. The second-order valence-electron chi connectivity index (χ2n) is 3.29. The molecule has 1 aliphatic heterocycles. The molecule has 0 bridgehead atoms. The Balaban J connectivity index is 2.33. The quantitative estimate of drug-likeness (QED) is 0.800. The molecule has 2 rings (SSSR count). The molecule has 70 valence electrons. The van der Waals surface area contributed by atoms with Crippen LogP contribution in [0.25, 0.3) is 0 Å². The Hall–Kier alpha value is -0.410. The van der Waals surface area contributed by atoms with Gasteiger partial charge in [-0.3, -0.25) is 0 Å². The van der Waals surface area contributed by atoms with Gasteiger partial charge in [0.05, 0.1) is 4.47 Å². The normalized spacial score (nSPS) is 22.2. The van der Waals surface area contributed by atoms with Crippen molar-refractivity contribution in [2.75, 3.05) is 6.54 Å². The molecule has 0 amide bonds. The molecule has 1 fully saturated rings. The molecule has 0 unspecified atom stereocenters. The zero-order valence-electron chi connectivity index (χ0n) is 7.19. The summed E-state index contributed by atoms with van der Waals surface area (Å²) in [6.45, 7) is 0.997. The van der Waals surface area contributed by atoms with Crippen LogP contribution in [0, 0.1) is 5.82 Å². The zero-order chi connectivity index (χ0) is 9.26. The zero-order valence-corrected chi connectivity index (χ0v) is 8.77. The first-order chi connectivity index (χ1) is 6.29. The fourth-order valence-electron chi connectivity index (χ4n) is 1.74. The van der Waals surface area contributed by atoms with Crippen LogP contribution in [0.4, 0.5) is 4.39 Å².